The summed E-state index contributed by atoms with van der Waals surface area (Å²) in [6, 6.07) is 1.67. The Balaban J connectivity index is 2.36. The Morgan fingerprint density at radius 2 is 2.00 bits per heavy atom. The maximum atomic E-state index is 11.9. The van der Waals surface area contributed by atoms with Gasteiger partial charge >= 0.3 is 5.97 Å². The molecule has 2 N–H and O–H groups in total. The van der Waals surface area contributed by atoms with Crippen molar-refractivity contribution in [2.75, 3.05) is 0 Å². The molecular weight excluding hydrogens is 270 g/mol. The lowest BCUT2D eigenvalue weighted by atomic mass is 10.2. The van der Waals surface area contributed by atoms with Crippen LogP contribution in [0.15, 0.2) is 11.4 Å². The number of carbonyl (C=O) groups is 2. The molecular formula is C12H13NO3S2. The quantitative estimate of drug-likeness (QED) is 0.861. The molecule has 0 radical (unpaired) electrons. The molecule has 18 heavy (non-hydrogen) atoms. The summed E-state index contributed by atoms with van der Waals surface area (Å²) in [5.74, 6) is -0.846. The lowest BCUT2D eigenvalue weighted by Crippen LogP contribution is -2.23. The van der Waals surface area contributed by atoms with E-state index in [4.69, 9.17) is 10.5 Å². The second kappa shape index (κ2) is 4.37. The number of thiophene rings is 2. The van der Waals surface area contributed by atoms with Crippen molar-refractivity contribution in [2.45, 2.75) is 26.4 Å². The molecule has 0 aromatic carbocycles. The van der Waals surface area contributed by atoms with Gasteiger partial charge in [-0.15, -0.1) is 22.7 Å². The summed E-state index contributed by atoms with van der Waals surface area (Å²) in [5, 5.41) is 2.45. The fourth-order valence-corrected chi connectivity index (χ4v) is 3.60. The average molecular weight is 283 g/mol. The lowest BCUT2D eigenvalue weighted by Gasteiger charge is -2.18. The first-order chi connectivity index (χ1) is 8.28. The Bertz CT molecular complexity index is 619. The molecule has 0 saturated carbocycles. The summed E-state index contributed by atoms with van der Waals surface area (Å²) in [6.07, 6.45) is 0. The summed E-state index contributed by atoms with van der Waals surface area (Å²) < 4.78 is 6.19. The number of rotatable bonds is 2. The van der Waals surface area contributed by atoms with Crippen LogP contribution in [0.1, 0.15) is 40.8 Å². The number of carbonyl (C=O) groups excluding carboxylic acids is 2. The molecule has 0 aliphatic rings. The van der Waals surface area contributed by atoms with Gasteiger partial charge in [0, 0.05) is 10.8 Å². The van der Waals surface area contributed by atoms with Crippen LogP contribution < -0.4 is 5.73 Å². The monoisotopic (exact) mass is 283 g/mol. The van der Waals surface area contributed by atoms with Gasteiger partial charge < -0.3 is 10.5 Å². The first-order valence-corrected chi connectivity index (χ1v) is 7.02. The predicted molar refractivity (Wildman–Crippen MR) is 73.4 cm³/mol. The van der Waals surface area contributed by atoms with Crippen LogP contribution in [0.25, 0.3) is 9.40 Å². The number of amides is 1. The zero-order valence-corrected chi connectivity index (χ0v) is 11.9. The fraction of sp³-hybridized carbons (Fsp3) is 0.333. The topological polar surface area (TPSA) is 69.4 Å². The molecule has 6 heteroatoms. The van der Waals surface area contributed by atoms with E-state index in [1.807, 2.05) is 20.8 Å². The van der Waals surface area contributed by atoms with Crippen LogP contribution in [0.4, 0.5) is 0 Å². The van der Waals surface area contributed by atoms with Gasteiger partial charge in [0.05, 0.1) is 9.58 Å². The van der Waals surface area contributed by atoms with Gasteiger partial charge in [-0.25, -0.2) is 4.79 Å². The molecule has 0 aliphatic carbocycles. The van der Waals surface area contributed by atoms with E-state index in [1.165, 1.54) is 22.7 Å². The smallest absolute Gasteiger partial charge is 0.348 e. The van der Waals surface area contributed by atoms with Crippen LogP contribution in [0.3, 0.4) is 0 Å². The third-order valence-electron chi connectivity index (χ3n) is 2.14. The van der Waals surface area contributed by atoms with Crippen molar-refractivity contribution in [2.24, 2.45) is 5.73 Å². The van der Waals surface area contributed by atoms with E-state index in [-0.39, 0.29) is 5.97 Å². The first-order valence-electron chi connectivity index (χ1n) is 5.32. The molecule has 2 rings (SSSR count). The van der Waals surface area contributed by atoms with Crippen LogP contribution in [0, 0.1) is 0 Å². The molecule has 2 aromatic heterocycles. The van der Waals surface area contributed by atoms with Crippen LogP contribution in [-0.4, -0.2) is 17.5 Å². The number of hydrogen-bond acceptors (Lipinski definition) is 5. The largest absolute Gasteiger partial charge is 0.456 e. The third kappa shape index (κ3) is 2.54. The van der Waals surface area contributed by atoms with Crippen molar-refractivity contribution in [3.05, 3.63) is 21.9 Å². The van der Waals surface area contributed by atoms with E-state index in [0.29, 0.717) is 10.4 Å². The zero-order chi connectivity index (χ0) is 13.5. The number of hydrogen-bond donors (Lipinski definition) is 1. The SMILES string of the molecule is CC(C)(C)OC(=O)c1cc2c(C(N)=O)csc2s1. The van der Waals surface area contributed by atoms with Crippen molar-refractivity contribution < 1.29 is 14.3 Å². The minimum Gasteiger partial charge on any atom is -0.456 e. The van der Waals surface area contributed by atoms with Gasteiger partial charge in [0.25, 0.3) is 0 Å². The number of fused-ring (bicyclic) bond motifs is 1. The molecule has 4 nitrogen and oxygen atoms in total. The predicted octanol–water partition coefficient (Wildman–Crippen LogP) is 3.02. The number of ether oxygens (including phenoxy) is 1. The van der Waals surface area contributed by atoms with Gasteiger partial charge in [0.15, 0.2) is 0 Å². The third-order valence-corrected chi connectivity index (χ3v) is 4.37. The summed E-state index contributed by atoms with van der Waals surface area (Å²) in [6.45, 7) is 5.45. The van der Waals surface area contributed by atoms with Crippen molar-refractivity contribution >= 4 is 43.9 Å². The number of esters is 1. The standard InChI is InChI=1S/C12H13NO3S2/c1-12(2,3)16-10(15)8-4-6-7(9(13)14)5-17-11(6)18-8/h4-5H,1-3H3,(H2,13,14). The number of primary amides is 1. The van der Waals surface area contributed by atoms with Gasteiger partial charge in [0.1, 0.15) is 10.5 Å². The van der Waals surface area contributed by atoms with E-state index < -0.39 is 11.5 Å². The molecule has 2 aromatic rings. The summed E-state index contributed by atoms with van der Waals surface area (Å²) in [4.78, 5) is 23.6. The highest BCUT2D eigenvalue weighted by Gasteiger charge is 2.21. The van der Waals surface area contributed by atoms with Crippen molar-refractivity contribution in [1.82, 2.24) is 0 Å². The summed E-state index contributed by atoms with van der Waals surface area (Å²) in [5.41, 5.74) is 5.20. The molecule has 0 atom stereocenters. The molecule has 0 saturated heterocycles. The zero-order valence-electron chi connectivity index (χ0n) is 10.3. The Morgan fingerprint density at radius 1 is 1.33 bits per heavy atom. The second-order valence-corrected chi connectivity index (χ2v) is 7.02. The van der Waals surface area contributed by atoms with Gasteiger partial charge in [-0.2, -0.15) is 0 Å². The maximum Gasteiger partial charge on any atom is 0.348 e. The molecule has 96 valence electrons. The molecule has 2 heterocycles. The van der Waals surface area contributed by atoms with Crippen LogP contribution >= 0.6 is 22.7 Å². The van der Waals surface area contributed by atoms with E-state index >= 15 is 0 Å². The minimum atomic E-state index is -0.527. The highest BCUT2D eigenvalue weighted by molar-refractivity contribution is 7.38. The van der Waals surface area contributed by atoms with E-state index in [1.54, 1.807) is 11.4 Å². The van der Waals surface area contributed by atoms with Crippen LogP contribution in [0.2, 0.25) is 0 Å². The molecule has 0 unspecified atom stereocenters. The van der Waals surface area contributed by atoms with Crippen LogP contribution in [-0.2, 0) is 4.74 Å². The maximum absolute atomic E-state index is 11.9. The fourth-order valence-electron chi connectivity index (χ4n) is 1.45. The molecule has 0 aliphatic heterocycles. The Labute approximate surface area is 112 Å². The molecule has 0 spiro atoms. The summed E-state index contributed by atoms with van der Waals surface area (Å²) in [7, 11) is 0. The average Bonchev–Trinajstić information content (AvgIpc) is 2.70. The minimum absolute atomic E-state index is 0.369. The van der Waals surface area contributed by atoms with Crippen molar-refractivity contribution in [1.29, 1.82) is 0 Å². The van der Waals surface area contributed by atoms with Crippen molar-refractivity contribution in [3.8, 4) is 0 Å². The Morgan fingerprint density at radius 3 is 2.56 bits per heavy atom. The molecule has 0 fully saturated rings. The molecule has 1 amide bonds. The normalized spacial score (nSPS) is 11.7. The van der Waals surface area contributed by atoms with E-state index in [2.05, 4.69) is 0 Å². The van der Waals surface area contributed by atoms with E-state index in [9.17, 15) is 9.59 Å². The van der Waals surface area contributed by atoms with Gasteiger partial charge in [-0.1, -0.05) is 0 Å². The van der Waals surface area contributed by atoms with Gasteiger partial charge in [0.2, 0.25) is 5.91 Å². The second-order valence-electron chi connectivity index (χ2n) is 4.83. The Hall–Kier alpha value is -1.40. The van der Waals surface area contributed by atoms with Crippen LogP contribution in [0.5, 0.6) is 0 Å². The van der Waals surface area contributed by atoms with Gasteiger partial charge in [-0.05, 0) is 26.8 Å². The van der Waals surface area contributed by atoms with Crippen molar-refractivity contribution in [3.63, 3.8) is 0 Å². The van der Waals surface area contributed by atoms with E-state index in [0.717, 1.165) is 9.40 Å². The summed E-state index contributed by atoms with van der Waals surface area (Å²) >= 11 is 2.73. The Kier molecular flexibility index (Phi) is 3.16. The first kappa shape index (κ1) is 13.0. The highest BCUT2D eigenvalue weighted by atomic mass is 32.2. The highest BCUT2D eigenvalue weighted by Crippen LogP contribution is 2.34. The lowest BCUT2D eigenvalue weighted by molar-refractivity contribution is 0.00752. The van der Waals surface area contributed by atoms with Gasteiger partial charge in [-0.3, -0.25) is 4.79 Å². The number of nitrogens with two attached hydrogens (primary N) is 1. The molecule has 0 bridgehead atoms.